The maximum atomic E-state index is 13.2. The van der Waals surface area contributed by atoms with Crippen LogP contribution in [-0.2, 0) is 0 Å². The summed E-state index contributed by atoms with van der Waals surface area (Å²) in [6.07, 6.45) is 0.923. The minimum Gasteiger partial charge on any atom is -0.440 e. The molecule has 2 heterocycles. The van der Waals surface area contributed by atoms with Gasteiger partial charge in [-0.3, -0.25) is 0 Å². The first-order valence-electron chi connectivity index (χ1n) is 6.70. The number of fused-ring (bicyclic) bond motifs is 2. The van der Waals surface area contributed by atoms with Gasteiger partial charge in [0.2, 0.25) is 5.89 Å². The van der Waals surface area contributed by atoms with Gasteiger partial charge in [0.15, 0.2) is 5.58 Å². The number of hydrogen-bond acceptors (Lipinski definition) is 3. The Bertz CT molecular complexity index is 781. The zero-order chi connectivity index (χ0) is 13.5. The number of halogens is 1. The standard InChI is InChI=1S/C16H13FN2O/c17-10-5-6-15-14(9-10)19-16(20-15)12-7-8-18-13-4-2-1-3-11(12)13/h1-6,9,12,18H,7-8H2. The summed E-state index contributed by atoms with van der Waals surface area (Å²) in [4.78, 5) is 4.46. The summed E-state index contributed by atoms with van der Waals surface area (Å²) in [5, 5.41) is 3.38. The van der Waals surface area contributed by atoms with Crippen LogP contribution in [0.5, 0.6) is 0 Å². The summed E-state index contributed by atoms with van der Waals surface area (Å²) >= 11 is 0. The van der Waals surface area contributed by atoms with Crippen molar-refractivity contribution in [3.63, 3.8) is 0 Å². The minimum atomic E-state index is -0.289. The van der Waals surface area contributed by atoms with Crippen LogP contribution in [0.3, 0.4) is 0 Å². The number of nitrogens with zero attached hydrogens (tertiary/aromatic N) is 1. The van der Waals surface area contributed by atoms with Crippen LogP contribution in [0.25, 0.3) is 11.1 Å². The van der Waals surface area contributed by atoms with Crippen LogP contribution in [0.1, 0.15) is 23.8 Å². The molecule has 0 spiro atoms. The molecule has 4 rings (SSSR count). The Hall–Kier alpha value is -2.36. The molecule has 2 aromatic carbocycles. The van der Waals surface area contributed by atoms with Crippen molar-refractivity contribution in [2.24, 2.45) is 0 Å². The van der Waals surface area contributed by atoms with E-state index in [1.165, 1.54) is 17.7 Å². The van der Waals surface area contributed by atoms with Gasteiger partial charge in [-0.2, -0.15) is 0 Å². The smallest absolute Gasteiger partial charge is 0.203 e. The highest BCUT2D eigenvalue weighted by molar-refractivity contribution is 5.72. The first-order chi connectivity index (χ1) is 9.81. The van der Waals surface area contributed by atoms with Crippen molar-refractivity contribution < 1.29 is 8.81 Å². The molecule has 3 aromatic rings. The summed E-state index contributed by atoms with van der Waals surface area (Å²) in [6, 6.07) is 12.6. The molecule has 0 aliphatic carbocycles. The molecule has 1 aromatic heterocycles. The predicted molar refractivity (Wildman–Crippen MR) is 75.4 cm³/mol. The van der Waals surface area contributed by atoms with Gasteiger partial charge in [0, 0.05) is 18.3 Å². The molecule has 1 unspecified atom stereocenters. The highest BCUT2D eigenvalue weighted by Crippen LogP contribution is 2.36. The number of para-hydroxylation sites is 1. The second-order valence-corrected chi connectivity index (χ2v) is 5.02. The molecule has 0 radical (unpaired) electrons. The third-order valence-electron chi connectivity index (χ3n) is 3.75. The molecule has 0 bridgehead atoms. The molecule has 0 fully saturated rings. The summed E-state index contributed by atoms with van der Waals surface area (Å²) in [5.41, 5.74) is 3.52. The lowest BCUT2D eigenvalue weighted by Gasteiger charge is -2.24. The molecule has 20 heavy (non-hydrogen) atoms. The van der Waals surface area contributed by atoms with Crippen molar-refractivity contribution in [1.29, 1.82) is 0 Å². The topological polar surface area (TPSA) is 38.1 Å². The summed E-state index contributed by atoms with van der Waals surface area (Å²) < 4.78 is 19.0. The highest BCUT2D eigenvalue weighted by Gasteiger charge is 2.25. The maximum absolute atomic E-state index is 13.2. The van der Waals surface area contributed by atoms with Crippen LogP contribution < -0.4 is 5.32 Å². The molecule has 1 aliphatic heterocycles. The number of nitrogens with one attached hydrogen (secondary N) is 1. The lowest BCUT2D eigenvalue weighted by atomic mass is 9.91. The second-order valence-electron chi connectivity index (χ2n) is 5.02. The fraction of sp³-hybridized carbons (Fsp3) is 0.188. The van der Waals surface area contributed by atoms with Crippen molar-refractivity contribution in [3.05, 3.63) is 59.7 Å². The molecule has 4 heteroatoms. The van der Waals surface area contributed by atoms with E-state index in [1.54, 1.807) is 6.07 Å². The van der Waals surface area contributed by atoms with Gasteiger partial charge >= 0.3 is 0 Å². The van der Waals surface area contributed by atoms with Crippen molar-refractivity contribution in [2.45, 2.75) is 12.3 Å². The van der Waals surface area contributed by atoms with Gasteiger partial charge in [-0.15, -0.1) is 0 Å². The first-order valence-corrected chi connectivity index (χ1v) is 6.70. The molecule has 0 saturated heterocycles. The molecule has 0 saturated carbocycles. The highest BCUT2D eigenvalue weighted by atomic mass is 19.1. The van der Waals surface area contributed by atoms with Gasteiger partial charge in [0.25, 0.3) is 0 Å². The maximum Gasteiger partial charge on any atom is 0.203 e. The van der Waals surface area contributed by atoms with E-state index in [-0.39, 0.29) is 11.7 Å². The van der Waals surface area contributed by atoms with Crippen LogP contribution in [0.2, 0.25) is 0 Å². The van der Waals surface area contributed by atoms with E-state index in [9.17, 15) is 4.39 Å². The van der Waals surface area contributed by atoms with E-state index in [4.69, 9.17) is 4.42 Å². The normalized spacial score (nSPS) is 17.8. The Morgan fingerprint density at radius 2 is 2.10 bits per heavy atom. The molecule has 1 aliphatic rings. The molecule has 1 N–H and O–H groups in total. The van der Waals surface area contributed by atoms with Crippen LogP contribution in [-0.4, -0.2) is 11.5 Å². The number of aromatic nitrogens is 1. The van der Waals surface area contributed by atoms with Crippen molar-refractivity contribution in [2.75, 3.05) is 11.9 Å². The van der Waals surface area contributed by atoms with Crippen LogP contribution in [0, 0.1) is 5.82 Å². The Morgan fingerprint density at radius 1 is 1.20 bits per heavy atom. The summed E-state index contributed by atoms with van der Waals surface area (Å²) in [5.74, 6) is 0.505. The number of benzene rings is 2. The summed E-state index contributed by atoms with van der Waals surface area (Å²) in [7, 11) is 0. The van der Waals surface area contributed by atoms with E-state index < -0.39 is 0 Å². The van der Waals surface area contributed by atoms with E-state index >= 15 is 0 Å². The molecule has 0 amide bonds. The Balaban J connectivity index is 1.84. The quantitative estimate of drug-likeness (QED) is 0.727. The minimum absolute atomic E-state index is 0.128. The fourth-order valence-electron chi connectivity index (χ4n) is 2.79. The van der Waals surface area contributed by atoms with Gasteiger partial charge < -0.3 is 9.73 Å². The zero-order valence-electron chi connectivity index (χ0n) is 10.8. The lowest BCUT2D eigenvalue weighted by Crippen LogP contribution is -2.17. The number of rotatable bonds is 1. The van der Waals surface area contributed by atoms with Gasteiger partial charge in [0.1, 0.15) is 11.3 Å². The average Bonchev–Trinajstić information content (AvgIpc) is 2.89. The fourth-order valence-corrected chi connectivity index (χ4v) is 2.79. The average molecular weight is 268 g/mol. The second kappa shape index (κ2) is 4.34. The van der Waals surface area contributed by atoms with Crippen molar-refractivity contribution in [1.82, 2.24) is 4.98 Å². The van der Waals surface area contributed by atoms with Gasteiger partial charge in [-0.25, -0.2) is 9.37 Å². The lowest BCUT2D eigenvalue weighted by molar-refractivity contribution is 0.485. The molecule has 3 nitrogen and oxygen atoms in total. The van der Waals surface area contributed by atoms with Crippen LogP contribution in [0.4, 0.5) is 10.1 Å². The summed E-state index contributed by atoms with van der Waals surface area (Å²) in [6.45, 7) is 0.884. The molecular weight excluding hydrogens is 255 g/mol. The Labute approximate surface area is 115 Å². The van der Waals surface area contributed by atoms with Crippen molar-refractivity contribution in [3.8, 4) is 0 Å². The largest absolute Gasteiger partial charge is 0.440 e. The predicted octanol–water partition coefficient (Wildman–Crippen LogP) is 3.91. The monoisotopic (exact) mass is 268 g/mol. The van der Waals surface area contributed by atoms with Gasteiger partial charge in [-0.1, -0.05) is 18.2 Å². The Kier molecular flexibility index (Phi) is 2.49. The number of oxazole rings is 1. The van der Waals surface area contributed by atoms with Crippen molar-refractivity contribution >= 4 is 16.8 Å². The Morgan fingerprint density at radius 3 is 3.05 bits per heavy atom. The van der Waals surface area contributed by atoms with E-state index in [1.807, 2.05) is 12.1 Å². The molecule has 1 atom stereocenters. The number of hydrogen-bond donors (Lipinski definition) is 1. The van der Waals surface area contributed by atoms with Gasteiger partial charge in [-0.05, 0) is 30.2 Å². The van der Waals surface area contributed by atoms with E-state index in [0.717, 1.165) is 18.7 Å². The SMILES string of the molecule is Fc1ccc2oc(C3CCNc4ccccc43)nc2c1. The van der Waals surface area contributed by atoms with E-state index in [2.05, 4.69) is 22.4 Å². The zero-order valence-corrected chi connectivity index (χ0v) is 10.8. The molecular formula is C16H13FN2O. The van der Waals surface area contributed by atoms with Gasteiger partial charge in [0.05, 0.1) is 5.92 Å². The third kappa shape index (κ3) is 1.76. The molecule has 100 valence electrons. The van der Waals surface area contributed by atoms with Crippen LogP contribution >= 0.6 is 0 Å². The third-order valence-corrected chi connectivity index (χ3v) is 3.75. The first kappa shape index (κ1) is 11.5. The van der Waals surface area contributed by atoms with E-state index in [0.29, 0.717) is 17.0 Å². The van der Waals surface area contributed by atoms with Crippen LogP contribution in [0.15, 0.2) is 46.9 Å². The number of anilines is 1.